The van der Waals surface area contributed by atoms with Crippen LogP contribution in [0.1, 0.15) is 42.5 Å². The van der Waals surface area contributed by atoms with Crippen LogP contribution in [0.15, 0.2) is 36.4 Å². The average Bonchev–Trinajstić information content (AvgIpc) is 3.18. The molecule has 0 atom stereocenters. The fraction of sp³-hybridized carbons (Fsp3) is 0.333. The molecule has 9 nitrogen and oxygen atoms in total. The molecule has 1 amide bonds. The molecule has 3 aromatic rings. The van der Waals surface area contributed by atoms with Crippen molar-refractivity contribution in [3.05, 3.63) is 53.3 Å². The van der Waals surface area contributed by atoms with Crippen molar-refractivity contribution in [2.45, 2.75) is 33.1 Å². The normalized spacial score (nSPS) is 10.9. The third-order valence-electron chi connectivity index (χ3n) is 5.11. The minimum atomic E-state index is -0.450. The van der Waals surface area contributed by atoms with Gasteiger partial charge in [0.2, 0.25) is 0 Å². The van der Waals surface area contributed by atoms with Crippen molar-refractivity contribution in [2.75, 3.05) is 26.1 Å². The molecule has 0 saturated carbocycles. The lowest BCUT2D eigenvalue weighted by Crippen LogP contribution is -2.17. The van der Waals surface area contributed by atoms with Crippen LogP contribution in [-0.4, -0.2) is 41.7 Å². The van der Waals surface area contributed by atoms with Crippen LogP contribution in [0.2, 0.25) is 0 Å². The molecular weight excluding hydrogens is 422 g/mol. The third kappa shape index (κ3) is 5.06. The van der Waals surface area contributed by atoms with E-state index in [9.17, 15) is 4.79 Å². The van der Waals surface area contributed by atoms with Crippen LogP contribution < -0.4 is 19.5 Å². The van der Waals surface area contributed by atoms with Crippen molar-refractivity contribution in [1.29, 1.82) is 5.26 Å². The van der Waals surface area contributed by atoms with Gasteiger partial charge in [-0.2, -0.15) is 5.26 Å². The average molecular weight is 450 g/mol. The molecule has 0 saturated heterocycles. The second-order valence-electron chi connectivity index (χ2n) is 8.33. The summed E-state index contributed by atoms with van der Waals surface area (Å²) in [6.45, 7) is 7.82. The van der Waals surface area contributed by atoms with Crippen molar-refractivity contribution >= 4 is 11.6 Å². The molecule has 3 rings (SSSR count). The van der Waals surface area contributed by atoms with Crippen LogP contribution in [0.25, 0.3) is 5.69 Å². The number of nitriles is 1. The van der Waals surface area contributed by atoms with Gasteiger partial charge in [-0.15, -0.1) is 5.10 Å². The Morgan fingerprint density at radius 1 is 1.12 bits per heavy atom. The SMILES string of the molecule is COc1ccc(OC)c(-n2nnc(C(=O)Nc3cc(C(C)(C)C)ccc3OCC#N)c2C)c1. The van der Waals surface area contributed by atoms with Crippen molar-refractivity contribution < 1.29 is 19.0 Å². The monoisotopic (exact) mass is 449 g/mol. The van der Waals surface area contributed by atoms with Gasteiger partial charge in [-0.05, 0) is 42.2 Å². The van der Waals surface area contributed by atoms with Crippen LogP contribution in [0, 0.1) is 18.3 Å². The molecule has 2 aromatic carbocycles. The van der Waals surface area contributed by atoms with Gasteiger partial charge in [-0.3, -0.25) is 4.79 Å². The topological polar surface area (TPSA) is 111 Å². The Morgan fingerprint density at radius 2 is 1.85 bits per heavy atom. The molecule has 0 radical (unpaired) electrons. The molecule has 0 spiro atoms. The number of amides is 1. The van der Waals surface area contributed by atoms with Crippen LogP contribution >= 0.6 is 0 Å². The number of carbonyl (C=O) groups excluding carboxylic acids is 1. The number of hydrogen-bond acceptors (Lipinski definition) is 7. The summed E-state index contributed by atoms with van der Waals surface area (Å²) in [7, 11) is 3.12. The Kier molecular flexibility index (Phi) is 6.87. The highest BCUT2D eigenvalue weighted by atomic mass is 16.5. The fourth-order valence-corrected chi connectivity index (χ4v) is 3.24. The van der Waals surface area contributed by atoms with Gasteiger partial charge >= 0.3 is 0 Å². The maximum atomic E-state index is 13.1. The predicted molar refractivity (Wildman–Crippen MR) is 123 cm³/mol. The van der Waals surface area contributed by atoms with Crippen molar-refractivity contribution in [3.63, 3.8) is 0 Å². The minimum absolute atomic E-state index is 0.136. The predicted octanol–water partition coefficient (Wildman–Crippen LogP) is 4.05. The zero-order valence-electron chi connectivity index (χ0n) is 19.6. The lowest BCUT2D eigenvalue weighted by atomic mass is 9.87. The largest absolute Gasteiger partial charge is 0.497 e. The second-order valence-corrected chi connectivity index (χ2v) is 8.33. The number of ether oxygens (including phenoxy) is 3. The molecule has 0 aliphatic carbocycles. The zero-order chi connectivity index (χ0) is 24.2. The molecule has 33 heavy (non-hydrogen) atoms. The van der Waals surface area contributed by atoms with Gasteiger partial charge in [0.05, 0.1) is 25.6 Å². The number of aromatic nitrogens is 3. The van der Waals surface area contributed by atoms with E-state index in [1.807, 2.05) is 18.2 Å². The van der Waals surface area contributed by atoms with E-state index >= 15 is 0 Å². The van der Waals surface area contributed by atoms with Crippen molar-refractivity contribution in [3.8, 4) is 29.0 Å². The molecule has 1 aromatic heterocycles. The first kappa shape index (κ1) is 23.6. The first-order chi connectivity index (χ1) is 15.7. The maximum Gasteiger partial charge on any atom is 0.278 e. The Morgan fingerprint density at radius 3 is 2.48 bits per heavy atom. The van der Waals surface area contributed by atoms with Crippen molar-refractivity contribution in [1.82, 2.24) is 15.0 Å². The van der Waals surface area contributed by atoms with E-state index in [0.29, 0.717) is 34.3 Å². The van der Waals surface area contributed by atoms with Gasteiger partial charge in [0.15, 0.2) is 12.3 Å². The van der Waals surface area contributed by atoms with E-state index in [2.05, 4.69) is 36.4 Å². The van der Waals surface area contributed by atoms with E-state index in [1.54, 1.807) is 45.4 Å². The van der Waals surface area contributed by atoms with Gasteiger partial charge in [-0.25, -0.2) is 4.68 Å². The minimum Gasteiger partial charge on any atom is -0.497 e. The molecule has 0 bridgehead atoms. The summed E-state index contributed by atoms with van der Waals surface area (Å²) in [6, 6.07) is 12.7. The summed E-state index contributed by atoms with van der Waals surface area (Å²) in [6.07, 6.45) is 0. The zero-order valence-corrected chi connectivity index (χ0v) is 19.6. The highest BCUT2D eigenvalue weighted by Gasteiger charge is 2.22. The molecule has 9 heteroatoms. The Balaban J connectivity index is 1.97. The van der Waals surface area contributed by atoms with Crippen LogP contribution in [0.4, 0.5) is 5.69 Å². The summed E-state index contributed by atoms with van der Waals surface area (Å²) in [4.78, 5) is 13.1. The smallest absolute Gasteiger partial charge is 0.278 e. The fourth-order valence-electron chi connectivity index (χ4n) is 3.24. The molecule has 1 N–H and O–H groups in total. The highest BCUT2D eigenvalue weighted by Crippen LogP contribution is 2.32. The lowest BCUT2D eigenvalue weighted by molar-refractivity contribution is 0.102. The third-order valence-corrected chi connectivity index (χ3v) is 5.11. The van der Waals surface area contributed by atoms with Crippen LogP contribution in [0.5, 0.6) is 17.2 Å². The number of nitrogens with zero attached hydrogens (tertiary/aromatic N) is 4. The number of anilines is 1. The summed E-state index contributed by atoms with van der Waals surface area (Å²) in [5.74, 6) is 1.12. The molecule has 1 heterocycles. The van der Waals surface area contributed by atoms with Gasteiger partial charge in [0, 0.05) is 6.07 Å². The number of hydrogen-bond donors (Lipinski definition) is 1. The second kappa shape index (κ2) is 9.61. The van der Waals surface area contributed by atoms with Crippen LogP contribution in [0.3, 0.4) is 0 Å². The molecule has 172 valence electrons. The number of nitrogens with one attached hydrogen (secondary N) is 1. The first-order valence-corrected chi connectivity index (χ1v) is 10.3. The van der Waals surface area contributed by atoms with E-state index in [4.69, 9.17) is 19.5 Å². The van der Waals surface area contributed by atoms with Gasteiger partial charge in [-0.1, -0.05) is 32.1 Å². The maximum absolute atomic E-state index is 13.1. The number of methoxy groups -OCH3 is 2. The summed E-state index contributed by atoms with van der Waals surface area (Å²) < 4.78 is 17.8. The van der Waals surface area contributed by atoms with Gasteiger partial charge in [0.25, 0.3) is 5.91 Å². The van der Waals surface area contributed by atoms with Gasteiger partial charge in [0.1, 0.15) is 29.0 Å². The molecule has 0 fully saturated rings. The molecular formula is C24H27N5O4. The Labute approximate surface area is 192 Å². The Bertz CT molecular complexity index is 1200. The number of benzene rings is 2. The highest BCUT2D eigenvalue weighted by molar-refractivity contribution is 6.04. The lowest BCUT2D eigenvalue weighted by Gasteiger charge is -2.21. The standard InChI is InChI=1S/C24H27N5O4/c1-15-22(27-28-29(15)19-14-17(31-5)8-10-21(19)32-6)23(30)26-18-13-16(24(2,3)4)7-9-20(18)33-12-11-25/h7-10,13-14H,12H2,1-6H3,(H,26,30). The van der Waals surface area contributed by atoms with E-state index in [-0.39, 0.29) is 17.7 Å². The van der Waals surface area contributed by atoms with Gasteiger partial charge < -0.3 is 19.5 Å². The summed E-state index contributed by atoms with van der Waals surface area (Å²) in [5.41, 5.74) is 2.57. The molecule has 0 aliphatic heterocycles. The first-order valence-electron chi connectivity index (χ1n) is 10.3. The molecule has 0 aliphatic rings. The van der Waals surface area contributed by atoms with Crippen LogP contribution in [-0.2, 0) is 5.41 Å². The van der Waals surface area contributed by atoms with Crippen molar-refractivity contribution in [2.24, 2.45) is 0 Å². The summed E-state index contributed by atoms with van der Waals surface area (Å²) >= 11 is 0. The number of rotatable bonds is 7. The van der Waals surface area contributed by atoms with E-state index < -0.39 is 5.91 Å². The number of carbonyl (C=O) groups is 1. The van der Waals surface area contributed by atoms with E-state index in [1.165, 1.54) is 4.68 Å². The van der Waals surface area contributed by atoms with E-state index in [0.717, 1.165) is 5.56 Å². The Hall–Kier alpha value is -4.06. The molecule has 0 unspecified atom stereocenters. The quantitative estimate of drug-likeness (QED) is 0.579. The summed E-state index contributed by atoms with van der Waals surface area (Å²) in [5, 5.41) is 20.0.